The Morgan fingerprint density at radius 3 is 2.84 bits per heavy atom. The molecule has 2 N–H and O–H groups in total. The van der Waals surface area contributed by atoms with Crippen LogP contribution in [0.5, 0.6) is 0 Å². The zero-order valence-electron chi connectivity index (χ0n) is 20.6. The number of hydrogen-bond donors (Lipinski definition) is 2. The van der Waals surface area contributed by atoms with Crippen molar-refractivity contribution in [2.24, 2.45) is 5.92 Å². The summed E-state index contributed by atoms with van der Waals surface area (Å²) in [5.41, 5.74) is 5.28. The summed E-state index contributed by atoms with van der Waals surface area (Å²) in [6.07, 6.45) is 3.62. The van der Waals surface area contributed by atoms with Gasteiger partial charge in [-0.05, 0) is 44.4 Å². The van der Waals surface area contributed by atoms with Gasteiger partial charge in [-0.3, -0.25) is 4.79 Å². The molecule has 0 aliphatic carbocycles. The molecule has 4 aromatic rings. The number of benzene rings is 1. The van der Waals surface area contributed by atoms with Crippen molar-refractivity contribution in [3.05, 3.63) is 41.0 Å². The van der Waals surface area contributed by atoms with Gasteiger partial charge in [0.25, 0.3) is 5.91 Å². The van der Waals surface area contributed by atoms with Crippen LogP contribution in [-0.2, 0) is 9.84 Å². The van der Waals surface area contributed by atoms with Crippen LogP contribution in [-0.4, -0.2) is 70.5 Å². The Balaban J connectivity index is 1.35. The van der Waals surface area contributed by atoms with Gasteiger partial charge < -0.3 is 15.5 Å². The Morgan fingerprint density at radius 1 is 1.22 bits per heavy atom. The summed E-state index contributed by atoms with van der Waals surface area (Å²) >= 11 is 2.79. The Morgan fingerprint density at radius 2 is 2.05 bits per heavy atom. The van der Waals surface area contributed by atoms with Crippen LogP contribution in [0.1, 0.15) is 30.1 Å². The van der Waals surface area contributed by atoms with Gasteiger partial charge in [0.15, 0.2) is 5.01 Å². The van der Waals surface area contributed by atoms with Crippen LogP contribution in [0, 0.1) is 5.92 Å². The molecule has 0 bridgehead atoms. The number of amides is 1. The van der Waals surface area contributed by atoms with Gasteiger partial charge in [-0.25, -0.2) is 18.4 Å². The average Bonchev–Trinajstić information content (AvgIpc) is 3.58. The standard InChI is InChI=1S/C24H27N7O3S3/c1-14(2)27-19-9-21(28-16-4-5-18-20(8-16)35-13-26-18)25-10-17(19)22-29-30-23(36-22)24(32)31-7-6-15(11-31)12-37(3,33)34/h4-5,8-10,13-15H,6-7,11-12H2,1-3H3,(H2,25,27,28). The summed E-state index contributed by atoms with van der Waals surface area (Å²) in [5, 5.41) is 16.1. The summed E-state index contributed by atoms with van der Waals surface area (Å²) < 4.78 is 24.3. The average molecular weight is 558 g/mol. The van der Waals surface area contributed by atoms with Crippen LogP contribution >= 0.6 is 22.7 Å². The second-order valence-electron chi connectivity index (χ2n) is 9.48. The minimum Gasteiger partial charge on any atom is -0.382 e. The first kappa shape index (κ1) is 25.5. The number of pyridine rings is 1. The molecule has 5 rings (SSSR count). The lowest BCUT2D eigenvalue weighted by atomic mass is 10.2. The zero-order chi connectivity index (χ0) is 26.2. The molecule has 1 fully saturated rings. The fraction of sp³-hybridized carbons (Fsp3) is 0.375. The molecule has 1 aliphatic rings. The second kappa shape index (κ2) is 10.3. The van der Waals surface area contributed by atoms with Gasteiger partial charge in [0, 0.05) is 49.0 Å². The number of hydrogen-bond acceptors (Lipinski definition) is 11. The molecule has 1 atom stereocenters. The van der Waals surface area contributed by atoms with Crippen LogP contribution in [0.3, 0.4) is 0 Å². The minimum atomic E-state index is -3.08. The van der Waals surface area contributed by atoms with Gasteiger partial charge in [0.1, 0.15) is 15.7 Å². The smallest absolute Gasteiger partial charge is 0.284 e. The topological polar surface area (TPSA) is 130 Å². The molecule has 4 heterocycles. The van der Waals surface area contributed by atoms with E-state index in [1.807, 2.05) is 43.6 Å². The molecular formula is C24H27N7O3S3. The number of sulfone groups is 1. The predicted octanol–water partition coefficient (Wildman–Crippen LogP) is 4.28. The van der Waals surface area contributed by atoms with Crippen molar-refractivity contribution in [2.75, 3.05) is 35.7 Å². The molecule has 0 radical (unpaired) electrons. The zero-order valence-corrected chi connectivity index (χ0v) is 23.1. The first-order chi connectivity index (χ1) is 17.6. The summed E-state index contributed by atoms with van der Waals surface area (Å²) in [5.74, 6) is 0.495. The molecule has 1 saturated heterocycles. The molecule has 10 nitrogen and oxygen atoms in total. The molecule has 1 amide bonds. The normalized spacial score (nSPS) is 16.0. The van der Waals surface area contributed by atoms with E-state index in [4.69, 9.17) is 0 Å². The third-order valence-corrected chi connectivity index (χ3v) is 8.71. The maximum absolute atomic E-state index is 13.0. The molecule has 1 aliphatic heterocycles. The van der Waals surface area contributed by atoms with Crippen molar-refractivity contribution >= 4 is 65.8 Å². The van der Waals surface area contributed by atoms with Gasteiger partial charge in [0.05, 0.1) is 27.0 Å². The number of thiazole rings is 1. The number of anilines is 3. The van der Waals surface area contributed by atoms with E-state index in [2.05, 4.69) is 30.8 Å². The SMILES string of the molecule is CC(C)Nc1cc(Nc2ccc3ncsc3c2)ncc1-c1nnc(C(=O)N2CCC(CS(C)(=O)=O)C2)s1. The second-order valence-corrected chi connectivity index (χ2v) is 13.5. The molecule has 1 aromatic carbocycles. The maximum Gasteiger partial charge on any atom is 0.284 e. The van der Waals surface area contributed by atoms with Crippen LogP contribution in [0.15, 0.2) is 36.0 Å². The van der Waals surface area contributed by atoms with Crippen molar-refractivity contribution in [3.8, 4) is 10.6 Å². The molecule has 1 unspecified atom stereocenters. The van der Waals surface area contributed by atoms with Gasteiger partial charge in [0.2, 0.25) is 5.01 Å². The van der Waals surface area contributed by atoms with Crippen molar-refractivity contribution in [2.45, 2.75) is 26.3 Å². The van der Waals surface area contributed by atoms with Crippen LogP contribution in [0.4, 0.5) is 17.2 Å². The lowest BCUT2D eigenvalue weighted by molar-refractivity contribution is 0.0787. The largest absolute Gasteiger partial charge is 0.382 e. The van der Waals surface area contributed by atoms with E-state index in [9.17, 15) is 13.2 Å². The molecule has 37 heavy (non-hydrogen) atoms. The highest BCUT2D eigenvalue weighted by Crippen LogP contribution is 2.34. The van der Waals surface area contributed by atoms with Crippen LogP contribution in [0.25, 0.3) is 20.8 Å². The molecule has 0 saturated carbocycles. The lowest BCUT2D eigenvalue weighted by Gasteiger charge is -2.15. The number of nitrogens with zero attached hydrogens (tertiary/aromatic N) is 5. The quantitative estimate of drug-likeness (QED) is 0.326. The summed E-state index contributed by atoms with van der Waals surface area (Å²) in [6, 6.07) is 8.06. The first-order valence-electron chi connectivity index (χ1n) is 11.8. The number of carbonyl (C=O) groups excluding carboxylic acids is 1. The molecule has 0 spiro atoms. The van der Waals surface area contributed by atoms with Crippen molar-refractivity contribution in [1.82, 2.24) is 25.1 Å². The van der Waals surface area contributed by atoms with E-state index in [0.29, 0.717) is 30.3 Å². The van der Waals surface area contributed by atoms with E-state index in [1.54, 1.807) is 22.4 Å². The fourth-order valence-corrected chi connectivity index (χ4v) is 7.02. The van der Waals surface area contributed by atoms with Gasteiger partial charge >= 0.3 is 0 Å². The number of fused-ring (bicyclic) bond motifs is 1. The number of rotatable bonds is 8. The maximum atomic E-state index is 13.0. The summed E-state index contributed by atoms with van der Waals surface area (Å²) in [7, 11) is -3.08. The highest BCUT2D eigenvalue weighted by molar-refractivity contribution is 7.90. The monoisotopic (exact) mass is 557 g/mol. The van der Waals surface area contributed by atoms with Gasteiger partial charge in [-0.1, -0.05) is 11.3 Å². The predicted molar refractivity (Wildman–Crippen MR) is 149 cm³/mol. The van der Waals surface area contributed by atoms with Crippen LogP contribution < -0.4 is 10.6 Å². The Kier molecular flexibility index (Phi) is 7.10. The molecular weight excluding hydrogens is 531 g/mol. The Labute approximate surface area is 223 Å². The van der Waals surface area contributed by atoms with E-state index >= 15 is 0 Å². The van der Waals surface area contributed by atoms with Crippen molar-refractivity contribution in [1.29, 1.82) is 0 Å². The summed E-state index contributed by atoms with van der Waals surface area (Å²) in [4.78, 5) is 23.6. The van der Waals surface area contributed by atoms with Gasteiger partial charge in [-0.2, -0.15) is 0 Å². The van der Waals surface area contributed by atoms with E-state index < -0.39 is 9.84 Å². The molecule has 3 aromatic heterocycles. The Hall–Kier alpha value is -3.16. The Bertz CT molecular complexity index is 1550. The highest BCUT2D eigenvalue weighted by atomic mass is 32.2. The lowest BCUT2D eigenvalue weighted by Crippen LogP contribution is -2.29. The van der Waals surface area contributed by atoms with E-state index in [-0.39, 0.29) is 28.6 Å². The van der Waals surface area contributed by atoms with Crippen molar-refractivity contribution in [3.63, 3.8) is 0 Å². The number of nitrogens with one attached hydrogen (secondary N) is 2. The fourth-order valence-electron chi connectivity index (χ4n) is 4.34. The number of likely N-dealkylation sites (tertiary alicyclic amines) is 1. The van der Waals surface area contributed by atoms with Gasteiger partial charge in [-0.15, -0.1) is 21.5 Å². The molecule has 194 valence electrons. The van der Waals surface area contributed by atoms with Crippen molar-refractivity contribution < 1.29 is 13.2 Å². The van der Waals surface area contributed by atoms with E-state index in [0.717, 1.165) is 27.2 Å². The minimum absolute atomic E-state index is 0.0470. The first-order valence-corrected chi connectivity index (χ1v) is 15.6. The summed E-state index contributed by atoms with van der Waals surface area (Å²) in [6.45, 7) is 5.02. The third kappa shape index (κ3) is 6.05. The highest BCUT2D eigenvalue weighted by Gasteiger charge is 2.31. The third-order valence-electron chi connectivity index (χ3n) is 5.90. The van der Waals surface area contributed by atoms with Crippen LogP contribution in [0.2, 0.25) is 0 Å². The molecule has 13 heteroatoms. The number of aromatic nitrogens is 4. The number of carbonyl (C=O) groups is 1. The van der Waals surface area contributed by atoms with E-state index in [1.165, 1.54) is 17.6 Å².